The van der Waals surface area contributed by atoms with Crippen molar-refractivity contribution in [1.82, 2.24) is 0 Å². The lowest BCUT2D eigenvalue weighted by molar-refractivity contribution is -0.114. The standard InChI is InChI=1S/C21H14ClN5O/c1-14(28)26-19-9-6-16(5-2-15-3-7-18(22)8-4-15)20(10-19)27-21(13-25)17(11-23)12-24/h2-10,27H,1H3,(H,26,28). The monoisotopic (exact) mass is 387 g/mol. The summed E-state index contributed by atoms with van der Waals surface area (Å²) in [7, 11) is 0. The molecule has 0 spiro atoms. The van der Waals surface area contributed by atoms with Gasteiger partial charge < -0.3 is 10.6 Å². The third kappa shape index (κ3) is 5.47. The molecular weight excluding hydrogens is 374 g/mol. The molecule has 2 aromatic rings. The SMILES string of the molecule is CC(=O)Nc1ccc(C=Cc2ccc(Cl)cc2)c(NC(C#N)=C(C#N)C#N)c1. The number of carbonyl (C=O) groups is 1. The van der Waals surface area contributed by atoms with Crippen molar-refractivity contribution in [3.63, 3.8) is 0 Å². The van der Waals surface area contributed by atoms with Crippen molar-refractivity contribution in [1.29, 1.82) is 15.8 Å². The van der Waals surface area contributed by atoms with E-state index >= 15 is 0 Å². The lowest BCUT2D eigenvalue weighted by Gasteiger charge is -2.12. The molecule has 0 bridgehead atoms. The van der Waals surface area contributed by atoms with Crippen LogP contribution in [-0.4, -0.2) is 5.91 Å². The number of carbonyl (C=O) groups excluding carboxylic acids is 1. The van der Waals surface area contributed by atoms with Crippen LogP contribution in [0.2, 0.25) is 5.02 Å². The summed E-state index contributed by atoms with van der Waals surface area (Å²) in [6.07, 6.45) is 3.65. The van der Waals surface area contributed by atoms with Crippen LogP contribution < -0.4 is 10.6 Å². The fraction of sp³-hybridized carbons (Fsp3) is 0.0476. The summed E-state index contributed by atoms with van der Waals surface area (Å²) in [5.74, 6) is -0.249. The van der Waals surface area contributed by atoms with E-state index in [0.717, 1.165) is 5.56 Å². The average Bonchev–Trinajstić information content (AvgIpc) is 2.68. The zero-order valence-corrected chi connectivity index (χ0v) is 15.6. The molecule has 0 fully saturated rings. The van der Waals surface area contributed by atoms with E-state index in [1.54, 1.807) is 48.5 Å². The maximum absolute atomic E-state index is 11.3. The van der Waals surface area contributed by atoms with Crippen LogP contribution in [0, 0.1) is 34.0 Å². The van der Waals surface area contributed by atoms with Crippen LogP contribution in [-0.2, 0) is 4.79 Å². The van der Waals surface area contributed by atoms with E-state index in [-0.39, 0.29) is 17.2 Å². The minimum absolute atomic E-state index is 0.175. The molecule has 0 unspecified atom stereocenters. The Morgan fingerprint density at radius 2 is 1.64 bits per heavy atom. The Bertz CT molecular complexity index is 1060. The fourth-order valence-corrected chi connectivity index (χ4v) is 2.39. The van der Waals surface area contributed by atoms with E-state index < -0.39 is 0 Å². The minimum atomic E-state index is -0.333. The van der Waals surface area contributed by atoms with Crippen LogP contribution in [0.25, 0.3) is 12.2 Å². The molecule has 0 aliphatic heterocycles. The Balaban J connectivity index is 2.47. The average molecular weight is 388 g/mol. The number of nitrogens with one attached hydrogen (secondary N) is 2. The predicted molar refractivity (Wildman–Crippen MR) is 109 cm³/mol. The number of benzene rings is 2. The summed E-state index contributed by atoms with van der Waals surface area (Å²) in [5, 5.41) is 33.4. The number of amides is 1. The largest absolute Gasteiger partial charge is 0.345 e. The van der Waals surface area contributed by atoms with E-state index in [4.69, 9.17) is 22.1 Å². The summed E-state index contributed by atoms with van der Waals surface area (Å²) in [4.78, 5) is 11.3. The molecule has 136 valence electrons. The van der Waals surface area contributed by atoms with Crippen molar-refractivity contribution < 1.29 is 4.79 Å². The molecule has 0 atom stereocenters. The van der Waals surface area contributed by atoms with Gasteiger partial charge in [0.2, 0.25) is 5.91 Å². The second kappa shape index (κ2) is 9.59. The molecule has 1 amide bonds. The third-order valence-corrected chi connectivity index (χ3v) is 3.80. The van der Waals surface area contributed by atoms with Crippen LogP contribution in [0.4, 0.5) is 11.4 Å². The van der Waals surface area contributed by atoms with Gasteiger partial charge in [-0.1, -0.05) is 42.0 Å². The van der Waals surface area contributed by atoms with Crippen molar-refractivity contribution in [2.24, 2.45) is 0 Å². The van der Waals surface area contributed by atoms with Crippen molar-refractivity contribution in [3.8, 4) is 18.2 Å². The van der Waals surface area contributed by atoms with Crippen LogP contribution in [0.3, 0.4) is 0 Å². The number of hydrogen-bond acceptors (Lipinski definition) is 5. The normalized spacial score (nSPS) is 9.68. The number of rotatable bonds is 5. The first-order valence-corrected chi connectivity index (χ1v) is 8.41. The van der Waals surface area contributed by atoms with Gasteiger partial charge in [0.05, 0.1) is 0 Å². The molecule has 0 aliphatic rings. The number of hydrogen-bond donors (Lipinski definition) is 2. The molecule has 0 aromatic heterocycles. The molecule has 6 nitrogen and oxygen atoms in total. The van der Waals surface area contributed by atoms with Crippen LogP contribution >= 0.6 is 11.6 Å². The van der Waals surface area contributed by atoms with Gasteiger partial charge in [-0.2, -0.15) is 15.8 Å². The lowest BCUT2D eigenvalue weighted by Crippen LogP contribution is -2.07. The van der Waals surface area contributed by atoms with Crippen molar-refractivity contribution >= 4 is 41.0 Å². The highest BCUT2D eigenvalue weighted by Crippen LogP contribution is 2.25. The van der Waals surface area contributed by atoms with Gasteiger partial charge in [0.25, 0.3) is 0 Å². The van der Waals surface area contributed by atoms with E-state index in [0.29, 0.717) is 22.0 Å². The summed E-state index contributed by atoms with van der Waals surface area (Å²) in [6, 6.07) is 17.5. The fourth-order valence-electron chi connectivity index (χ4n) is 2.27. The molecule has 0 radical (unpaired) electrons. The maximum atomic E-state index is 11.3. The van der Waals surface area contributed by atoms with Crippen molar-refractivity contribution in [2.75, 3.05) is 10.6 Å². The van der Waals surface area contributed by atoms with E-state index in [9.17, 15) is 10.1 Å². The lowest BCUT2D eigenvalue weighted by atomic mass is 10.1. The van der Waals surface area contributed by atoms with Gasteiger partial charge >= 0.3 is 0 Å². The number of nitriles is 3. The minimum Gasteiger partial charge on any atom is -0.345 e. The molecule has 7 heteroatoms. The third-order valence-electron chi connectivity index (χ3n) is 3.54. The molecular formula is C21H14ClN5O. The van der Waals surface area contributed by atoms with Gasteiger partial charge in [0.15, 0.2) is 5.57 Å². The van der Waals surface area contributed by atoms with Gasteiger partial charge in [0, 0.05) is 23.3 Å². The molecule has 0 saturated carbocycles. The highest BCUT2D eigenvalue weighted by atomic mass is 35.5. The summed E-state index contributed by atoms with van der Waals surface area (Å²) < 4.78 is 0. The van der Waals surface area contributed by atoms with Gasteiger partial charge in [0.1, 0.15) is 23.9 Å². The van der Waals surface area contributed by atoms with E-state index in [1.165, 1.54) is 6.92 Å². The number of anilines is 2. The van der Waals surface area contributed by atoms with Gasteiger partial charge in [-0.05, 0) is 35.4 Å². The smallest absolute Gasteiger partial charge is 0.221 e. The summed E-state index contributed by atoms with van der Waals surface area (Å²) in [6.45, 7) is 1.38. The molecule has 2 aromatic carbocycles. The predicted octanol–water partition coefficient (Wildman–Crippen LogP) is 4.71. The number of nitrogens with zero attached hydrogens (tertiary/aromatic N) is 3. The summed E-state index contributed by atoms with van der Waals surface area (Å²) >= 11 is 5.89. The first-order valence-electron chi connectivity index (χ1n) is 8.03. The molecule has 0 aliphatic carbocycles. The van der Waals surface area contributed by atoms with E-state index in [1.807, 2.05) is 24.3 Å². The van der Waals surface area contributed by atoms with Crippen LogP contribution in [0.1, 0.15) is 18.1 Å². The summed E-state index contributed by atoms with van der Waals surface area (Å²) in [5.41, 5.74) is 2.05. The van der Waals surface area contributed by atoms with Gasteiger partial charge in [-0.3, -0.25) is 4.79 Å². The Morgan fingerprint density at radius 3 is 2.21 bits per heavy atom. The van der Waals surface area contributed by atoms with Crippen molar-refractivity contribution in [2.45, 2.75) is 6.92 Å². The topological polar surface area (TPSA) is 112 Å². The zero-order valence-electron chi connectivity index (χ0n) is 14.8. The molecule has 2 rings (SSSR count). The quantitative estimate of drug-likeness (QED) is 0.570. The van der Waals surface area contributed by atoms with E-state index in [2.05, 4.69) is 10.6 Å². The highest BCUT2D eigenvalue weighted by Gasteiger charge is 2.10. The van der Waals surface area contributed by atoms with Crippen molar-refractivity contribution in [3.05, 3.63) is 69.9 Å². The molecule has 28 heavy (non-hydrogen) atoms. The first kappa shape index (κ1) is 20.3. The number of allylic oxidation sites excluding steroid dienone is 2. The molecule has 0 saturated heterocycles. The Hall–Kier alpha value is -4.05. The maximum Gasteiger partial charge on any atom is 0.221 e. The Morgan fingerprint density at radius 1 is 0.964 bits per heavy atom. The van der Waals surface area contributed by atoms with Gasteiger partial charge in [-0.15, -0.1) is 0 Å². The zero-order chi connectivity index (χ0) is 20.5. The molecule has 2 N–H and O–H groups in total. The Kier molecular flexibility index (Phi) is 6.94. The molecule has 0 heterocycles. The second-order valence-electron chi connectivity index (χ2n) is 5.58. The Labute approximate surface area is 167 Å². The van der Waals surface area contributed by atoms with Crippen LogP contribution in [0.15, 0.2) is 53.7 Å². The number of halogens is 1. The first-order chi connectivity index (χ1) is 13.5. The van der Waals surface area contributed by atoms with Crippen LogP contribution in [0.5, 0.6) is 0 Å². The second-order valence-corrected chi connectivity index (χ2v) is 6.01. The van der Waals surface area contributed by atoms with Gasteiger partial charge in [-0.25, -0.2) is 0 Å². The highest BCUT2D eigenvalue weighted by molar-refractivity contribution is 6.30.